The zero-order valence-corrected chi connectivity index (χ0v) is 16.0. The molecule has 2 bridgehead atoms. The molecule has 146 valence electrons. The van der Waals surface area contributed by atoms with E-state index >= 15 is 0 Å². The van der Waals surface area contributed by atoms with Gasteiger partial charge in [-0.25, -0.2) is 8.42 Å². The second-order valence-electron chi connectivity index (χ2n) is 7.38. The number of hydrogen-bond donors (Lipinski definition) is 1. The highest BCUT2D eigenvalue weighted by atomic mass is 32.2. The van der Waals surface area contributed by atoms with E-state index in [2.05, 4.69) is 4.72 Å². The molecule has 2 saturated carbocycles. The van der Waals surface area contributed by atoms with Crippen molar-refractivity contribution in [1.82, 2.24) is 0 Å². The first-order valence-corrected chi connectivity index (χ1v) is 10.9. The number of nitrogens with one attached hydrogen (secondary N) is 1. The Morgan fingerprint density at radius 3 is 2.26 bits per heavy atom. The lowest BCUT2D eigenvalue weighted by atomic mass is 9.67. The molecule has 0 spiro atoms. The molecule has 2 aliphatic rings. The van der Waals surface area contributed by atoms with Gasteiger partial charge in [-0.1, -0.05) is 6.42 Å². The van der Waals surface area contributed by atoms with Gasteiger partial charge in [0.05, 0.1) is 12.2 Å². The summed E-state index contributed by atoms with van der Waals surface area (Å²) >= 11 is 0. The van der Waals surface area contributed by atoms with Crippen LogP contribution in [0.3, 0.4) is 0 Å². The van der Waals surface area contributed by atoms with E-state index in [9.17, 15) is 22.8 Å². The number of ketones is 2. The Labute approximate surface area is 158 Å². The SMILES string of the molecule is CS(=O)(=O)Nc1ccc(C(=O)COC(=O)C2C[C@H]3CCC[C@@H](C2)C3=O)cc1. The first-order valence-electron chi connectivity index (χ1n) is 9.04. The molecule has 1 N–H and O–H groups in total. The van der Waals surface area contributed by atoms with Crippen LogP contribution >= 0.6 is 0 Å². The van der Waals surface area contributed by atoms with Crippen LogP contribution in [0.5, 0.6) is 0 Å². The van der Waals surface area contributed by atoms with Crippen LogP contribution < -0.4 is 4.72 Å². The Morgan fingerprint density at radius 2 is 1.70 bits per heavy atom. The van der Waals surface area contributed by atoms with E-state index in [1.165, 1.54) is 24.3 Å². The topological polar surface area (TPSA) is 107 Å². The molecule has 0 heterocycles. The molecule has 1 aromatic rings. The molecule has 3 rings (SSSR count). The minimum absolute atomic E-state index is 0.0411. The predicted octanol–water partition coefficient (Wildman–Crippen LogP) is 2.18. The summed E-state index contributed by atoms with van der Waals surface area (Å²) in [6.45, 7) is -0.364. The molecule has 7 nitrogen and oxygen atoms in total. The van der Waals surface area contributed by atoms with Crippen molar-refractivity contribution < 1.29 is 27.5 Å². The van der Waals surface area contributed by atoms with Crippen LogP contribution in [-0.2, 0) is 24.3 Å². The van der Waals surface area contributed by atoms with Gasteiger partial charge in [0.25, 0.3) is 0 Å². The molecular formula is C19H23NO6S. The molecule has 1 unspecified atom stereocenters. The van der Waals surface area contributed by atoms with Crippen molar-refractivity contribution in [3.63, 3.8) is 0 Å². The van der Waals surface area contributed by atoms with Gasteiger partial charge in [-0.15, -0.1) is 0 Å². The highest BCUT2D eigenvalue weighted by Gasteiger charge is 2.41. The van der Waals surface area contributed by atoms with Gasteiger partial charge in [-0.2, -0.15) is 0 Å². The van der Waals surface area contributed by atoms with Gasteiger partial charge in [-0.3, -0.25) is 19.1 Å². The van der Waals surface area contributed by atoms with Crippen molar-refractivity contribution in [1.29, 1.82) is 0 Å². The highest BCUT2D eigenvalue weighted by molar-refractivity contribution is 7.92. The van der Waals surface area contributed by atoms with Crippen LogP contribution in [0, 0.1) is 17.8 Å². The van der Waals surface area contributed by atoms with Gasteiger partial charge in [0.15, 0.2) is 12.4 Å². The lowest BCUT2D eigenvalue weighted by Gasteiger charge is -2.36. The second kappa shape index (κ2) is 7.80. The van der Waals surface area contributed by atoms with Gasteiger partial charge < -0.3 is 4.74 Å². The minimum Gasteiger partial charge on any atom is -0.457 e. The number of fused-ring (bicyclic) bond motifs is 2. The summed E-state index contributed by atoms with van der Waals surface area (Å²) in [4.78, 5) is 36.6. The second-order valence-corrected chi connectivity index (χ2v) is 9.13. The van der Waals surface area contributed by atoms with Gasteiger partial charge >= 0.3 is 5.97 Å². The zero-order valence-electron chi connectivity index (χ0n) is 15.1. The molecule has 3 atom stereocenters. The highest BCUT2D eigenvalue weighted by Crippen LogP contribution is 2.40. The third-order valence-corrected chi connectivity index (χ3v) is 5.84. The summed E-state index contributed by atoms with van der Waals surface area (Å²) in [6.07, 6.45) is 4.80. The number of esters is 1. The van der Waals surface area contributed by atoms with Crippen LogP contribution in [-0.4, -0.2) is 38.8 Å². The number of rotatable bonds is 6. The number of hydrogen-bond acceptors (Lipinski definition) is 6. The summed E-state index contributed by atoms with van der Waals surface area (Å²) in [5, 5.41) is 0. The van der Waals surface area contributed by atoms with Crippen molar-refractivity contribution in [2.24, 2.45) is 17.8 Å². The van der Waals surface area contributed by atoms with Gasteiger partial charge in [-0.05, 0) is 49.9 Å². The lowest BCUT2D eigenvalue weighted by Crippen LogP contribution is -2.39. The first-order chi connectivity index (χ1) is 12.7. The summed E-state index contributed by atoms with van der Waals surface area (Å²) in [5.74, 6) is -0.887. The van der Waals surface area contributed by atoms with Gasteiger partial charge in [0.2, 0.25) is 10.0 Å². The number of carbonyl (C=O) groups is 3. The molecule has 0 amide bonds. The number of anilines is 1. The molecule has 0 saturated heterocycles. The van der Waals surface area contributed by atoms with Crippen LogP contribution in [0.25, 0.3) is 0 Å². The molecule has 0 radical (unpaired) electrons. The Bertz CT molecular complexity index is 829. The number of carbonyl (C=O) groups excluding carboxylic acids is 3. The van der Waals surface area contributed by atoms with Crippen LogP contribution in [0.2, 0.25) is 0 Å². The van der Waals surface area contributed by atoms with E-state index < -0.39 is 16.0 Å². The summed E-state index contributed by atoms with van der Waals surface area (Å²) in [7, 11) is -3.38. The van der Waals surface area contributed by atoms with Gasteiger partial charge in [0, 0.05) is 23.1 Å². The molecule has 8 heteroatoms. The van der Waals surface area contributed by atoms with Crippen molar-refractivity contribution in [3.05, 3.63) is 29.8 Å². The maximum atomic E-state index is 12.3. The average Bonchev–Trinajstić information content (AvgIpc) is 2.58. The first kappa shape index (κ1) is 19.5. The third-order valence-electron chi connectivity index (χ3n) is 5.24. The van der Waals surface area contributed by atoms with Crippen molar-refractivity contribution in [3.8, 4) is 0 Å². The third kappa shape index (κ3) is 4.94. The van der Waals surface area contributed by atoms with Crippen molar-refractivity contribution in [2.75, 3.05) is 17.6 Å². The van der Waals surface area contributed by atoms with E-state index in [0.717, 1.165) is 25.5 Å². The molecule has 0 aromatic heterocycles. The Balaban J connectivity index is 1.53. The lowest BCUT2D eigenvalue weighted by molar-refractivity contribution is -0.152. The van der Waals surface area contributed by atoms with E-state index in [1.807, 2.05) is 0 Å². The Morgan fingerprint density at radius 1 is 1.11 bits per heavy atom. The van der Waals surface area contributed by atoms with Crippen LogP contribution in [0.4, 0.5) is 5.69 Å². The molecule has 27 heavy (non-hydrogen) atoms. The normalized spacial score (nSPS) is 24.9. The van der Waals surface area contributed by atoms with E-state index in [1.54, 1.807) is 0 Å². The molecular weight excluding hydrogens is 370 g/mol. The van der Waals surface area contributed by atoms with E-state index in [-0.39, 0.29) is 35.9 Å². The fraction of sp³-hybridized carbons (Fsp3) is 0.526. The van der Waals surface area contributed by atoms with Crippen molar-refractivity contribution >= 4 is 33.2 Å². The number of benzene rings is 1. The summed E-state index contributed by atoms with van der Waals surface area (Å²) < 4.78 is 29.9. The van der Waals surface area contributed by atoms with Crippen LogP contribution in [0.1, 0.15) is 42.5 Å². The summed E-state index contributed by atoms with van der Waals surface area (Å²) in [6, 6.07) is 5.91. The zero-order chi connectivity index (χ0) is 19.6. The maximum Gasteiger partial charge on any atom is 0.309 e. The molecule has 1 aromatic carbocycles. The van der Waals surface area contributed by atoms with Gasteiger partial charge in [0.1, 0.15) is 5.78 Å². The largest absolute Gasteiger partial charge is 0.457 e. The standard InChI is InChI=1S/C19H23NO6S/c1-27(24,25)20-16-7-5-12(6-8-16)17(21)11-26-19(23)15-9-13-3-2-4-14(10-15)18(13)22/h5-8,13-15,20H,2-4,9-11H2,1H3/t13-,14+,15?. The van der Waals surface area contributed by atoms with Crippen LogP contribution in [0.15, 0.2) is 24.3 Å². The Kier molecular flexibility index (Phi) is 5.64. The molecule has 0 aliphatic heterocycles. The predicted molar refractivity (Wildman–Crippen MR) is 98.8 cm³/mol. The molecule has 2 fully saturated rings. The fourth-order valence-corrected chi connectivity index (χ4v) is 4.51. The van der Waals surface area contributed by atoms with E-state index in [0.29, 0.717) is 24.1 Å². The smallest absolute Gasteiger partial charge is 0.309 e. The summed E-state index contributed by atoms with van der Waals surface area (Å²) in [5.41, 5.74) is 0.682. The average molecular weight is 393 g/mol. The molecule has 2 aliphatic carbocycles. The van der Waals surface area contributed by atoms with E-state index in [4.69, 9.17) is 4.74 Å². The number of ether oxygens (including phenoxy) is 1. The minimum atomic E-state index is -3.38. The maximum absolute atomic E-state index is 12.3. The van der Waals surface area contributed by atoms with Crippen molar-refractivity contribution in [2.45, 2.75) is 32.1 Å². The number of sulfonamides is 1. The monoisotopic (exact) mass is 393 g/mol. The quantitative estimate of drug-likeness (QED) is 0.586. The Hall–Kier alpha value is -2.22. The fourth-order valence-electron chi connectivity index (χ4n) is 3.95. The number of Topliss-reactive ketones (excluding diaryl/α,β-unsaturated/α-hetero) is 2.